The van der Waals surface area contributed by atoms with Crippen molar-refractivity contribution in [3.8, 4) is 0 Å². The van der Waals surface area contributed by atoms with Crippen LogP contribution < -0.4 is 11.3 Å². The monoisotopic (exact) mass is 214 g/mol. The van der Waals surface area contributed by atoms with Gasteiger partial charge in [-0.25, -0.2) is 0 Å². The van der Waals surface area contributed by atoms with E-state index in [9.17, 15) is 0 Å². The van der Waals surface area contributed by atoms with Gasteiger partial charge in [0.05, 0.1) is 0 Å². The summed E-state index contributed by atoms with van der Waals surface area (Å²) < 4.78 is 5.37. The lowest BCUT2D eigenvalue weighted by Crippen LogP contribution is -2.38. The van der Waals surface area contributed by atoms with E-state index in [0.29, 0.717) is 6.04 Å². The van der Waals surface area contributed by atoms with Crippen LogP contribution in [0.15, 0.2) is 0 Å². The molecule has 0 aromatic heterocycles. The van der Waals surface area contributed by atoms with E-state index in [1.807, 2.05) is 0 Å². The van der Waals surface area contributed by atoms with Crippen LogP contribution in [0.3, 0.4) is 0 Å². The van der Waals surface area contributed by atoms with Crippen molar-refractivity contribution in [2.24, 2.45) is 17.7 Å². The molecule has 0 spiro atoms. The summed E-state index contributed by atoms with van der Waals surface area (Å²) in [5, 5.41) is 0. The molecular formula is C12H26N2O. The van der Waals surface area contributed by atoms with E-state index in [1.54, 1.807) is 0 Å². The molecule has 1 heterocycles. The van der Waals surface area contributed by atoms with Gasteiger partial charge in [0.25, 0.3) is 0 Å². The molecule has 0 saturated carbocycles. The molecule has 2 unspecified atom stereocenters. The lowest BCUT2D eigenvalue weighted by atomic mass is 9.88. The Labute approximate surface area is 93.7 Å². The fourth-order valence-electron chi connectivity index (χ4n) is 2.27. The number of hydrazine groups is 1. The molecule has 0 aromatic rings. The maximum absolute atomic E-state index is 5.61. The van der Waals surface area contributed by atoms with Crippen molar-refractivity contribution in [3.05, 3.63) is 0 Å². The second-order valence-corrected chi connectivity index (χ2v) is 4.90. The average molecular weight is 214 g/mol. The zero-order valence-corrected chi connectivity index (χ0v) is 10.2. The third kappa shape index (κ3) is 4.96. The number of rotatable bonds is 6. The highest BCUT2D eigenvalue weighted by Gasteiger charge is 2.19. The second-order valence-electron chi connectivity index (χ2n) is 4.90. The zero-order valence-electron chi connectivity index (χ0n) is 10.2. The first kappa shape index (κ1) is 12.9. The highest BCUT2D eigenvalue weighted by atomic mass is 16.5. The maximum Gasteiger partial charge on any atom is 0.0468 e. The van der Waals surface area contributed by atoms with E-state index in [0.717, 1.165) is 25.0 Å². The molecule has 1 aliphatic heterocycles. The molecule has 0 aliphatic carbocycles. The predicted molar refractivity (Wildman–Crippen MR) is 63.3 cm³/mol. The average Bonchev–Trinajstić information content (AvgIpc) is 2.29. The molecule has 1 aliphatic rings. The van der Waals surface area contributed by atoms with Gasteiger partial charge >= 0.3 is 0 Å². The van der Waals surface area contributed by atoms with Gasteiger partial charge in [0.1, 0.15) is 0 Å². The molecule has 1 rings (SSSR count). The maximum atomic E-state index is 5.61. The summed E-state index contributed by atoms with van der Waals surface area (Å²) in [6.45, 7) is 6.41. The first-order valence-electron chi connectivity index (χ1n) is 6.30. The van der Waals surface area contributed by atoms with Crippen molar-refractivity contribution in [2.75, 3.05) is 13.2 Å². The van der Waals surface area contributed by atoms with Crippen molar-refractivity contribution in [2.45, 2.75) is 52.0 Å². The van der Waals surface area contributed by atoms with Crippen LogP contribution in [0.5, 0.6) is 0 Å². The summed E-state index contributed by atoms with van der Waals surface area (Å²) in [7, 11) is 0. The Morgan fingerprint density at radius 3 is 2.60 bits per heavy atom. The largest absolute Gasteiger partial charge is 0.381 e. The van der Waals surface area contributed by atoms with Crippen LogP contribution in [0.25, 0.3) is 0 Å². The van der Waals surface area contributed by atoms with Crippen LogP contribution >= 0.6 is 0 Å². The van der Waals surface area contributed by atoms with E-state index < -0.39 is 0 Å². The Balaban J connectivity index is 2.25. The molecular weight excluding hydrogens is 188 g/mol. The highest BCUT2D eigenvalue weighted by molar-refractivity contribution is 4.73. The second kappa shape index (κ2) is 7.20. The zero-order chi connectivity index (χ0) is 11.1. The lowest BCUT2D eigenvalue weighted by Gasteiger charge is -2.27. The Hall–Kier alpha value is -0.120. The first-order chi connectivity index (χ1) is 7.26. The van der Waals surface area contributed by atoms with Crippen molar-refractivity contribution in [3.63, 3.8) is 0 Å². The number of ether oxygens (including phenoxy) is 1. The molecule has 1 fully saturated rings. The van der Waals surface area contributed by atoms with Gasteiger partial charge < -0.3 is 4.74 Å². The molecule has 3 heteroatoms. The molecule has 15 heavy (non-hydrogen) atoms. The third-order valence-electron chi connectivity index (χ3n) is 3.58. The van der Waals surface area contributed by atoms with Crippen molar-refractivity contribution < 1.29 is 4.74 Å². The summed E-state index contributed by atoms with van der Waals surface area (Å²) in [6.07, 6.45) is 6.07. The topological polar surface area (TPSA) is 47.3 Å². The molecule has 0 radical (unpaired) electrons. The number of hydrogen-bond acceptors (Lipinski definition) is 3. The lowest BCUT2D eigenvalue weighted by molar-refractivity contribution is 0.0596. The SMILES string of the molecule is CCC(C)CC(CC1CCOCC1)NN. The van der Waals surface area contributed by atoms with E-state index in [2.05, 4.69) is 19.3 Å². The third-order valence-corrected chi connectivity index (χ3v) is 3.58. The number of nitrogens with two attached hydrogens (primary N) is 1. The minimum absolute atomic E-state index is 0.489. The summed E-state index contributed by atoms with van der Waals surface area (Å²) in [5.74, 6) is 7.19. The number of nitrogens with one attached hydrogen (secondary N) is 1. The minimum Gasteiger partial charge on any atom is -0.381 e. The molecule has 2 atom stereocenters. The first-order valence-corrected chi connectivity index (χ1v) is 6.30. The van der Waals surface area contributed by atoms with Gasteiger partial charge in [-0.1, -0.05) is 20.3 Å². The molecule has 3 N–H and O–H groups in total. The minimum atomic E-state index is 0.489. The summed E-state index contributed by atoms with van der Waals surface area (Å²) in [4.78, 5) is 0. The Morgan fingerprint density at radius 2 is 2.07 bits per heavy atom. The molecule has 0 bridgehead atoms. The number of hydrogen-bond donors (Lipinski definition) is 2. The molecule has 0 amide bonds. The van der Waals surface area contributed by atoms with Crippen LogP contribution in [0.4, 0.5) is 0 Å². The van der Waals surface area contributed by atoms with Crippen LogP contribution in [0.1, 0.15) is 46.0 Å². The summed E-state index contributed by atoms with van der Waals surface area (Å²) in [5.41, 5.74) is 2.97. The Bertz CT molecular complexity index is 158. The molecule has 3 nitrogen and oxygen atoms in total. The van der Waals surface area contributed by atoms with Gasteiger partial charge in [-0.2, -0.15) is 0 Å². The van der Waals surface area contributed by atoms with Gasteiger partial charge in [-0.15, -0.1) is 0 Å². The Morgan fingerprint density at radius 1 is 1.40 bits per heavy atom. The van der Waals surface area contributed by atoms with Gasteiger partial charge in [-0.05, 0) is 37.5 Å². The van der Waals surface area contributed by atoms with Crippen molar-refractivity contribution in [1.82, 2.24) is 5.43 Å². The van der Waals surface area contributed by atoms with Gasteiger partial charge in [0, 0.05) is 19.3 Å². The fourth-order valence-corrected chi connectivity index (χ4v) is 2.27. The van der Waals surface area contributed by atoms with Crippen molar-refractivity contribution >= 4 is 0 Å². The van der Waals surface area contributed by atoms with Crippen LogP contribution in [0.2, 0.25) is 0 Å². The summed E-state index contributed by atoms with van der Waals surface area (Å²) in [6, 6.07) is 0.489. The van der Waals surface area contributed by atoms with E-state index in [4.69, 9.17) is 10.6 Å². The standard InChI is InChI=1S/C12H26N2O/c1-3-10(2)8-12(14-13)9-11-4-6-15-7-5-11/h10-12,14H,3-9,13H2,1-2H3. The van der Waals surface area contributed by atoms with E-state index >= 15 is 0 Å². The van der Waals surface area contributed by atoms with E-state index in [1.165, 1.54) is 32.1 Å². The fraction of sp³-hybridized carbons (Fsp3) is 1.00. The normalized spacial score (nSPS) is 22.6. The molecule has 90 valence electrons. The summed E-state index contributed by atoms with van der Waals surface area (Å²) >= 11 is 0. The van der Waals surface area contributed by atoms with Gasteiger partial charge in [-0.3, -0.25) is 11.3 Å². The van der Waals surface area contributed by atoms with Crippen LogP contribution in [-0.2, 0) is 4.74 Å². The van der Waals surface area contributed by atoms with Crippen LogP contribution in [-0.4, -0.2) is 19.3 Å². The Kier molecular flexibility index (Phi) is 6.22. The predicted octanol–water partition coefficient (Wildman–Crippen LogP) is 2.07. The van der Waals surface area contributed by atoms with Crippen LogP contribution in [0, 0.1) is 11.8 Å². The quantitative estimate of drug-likeness (QED) is 0.525. The van der Waals surface area contributed by atoms with E-state index in [-0.39, 0.29) is 0 Å². The highest BCUT2D eigenvalue weighted by Crippen LogP contribution is 2.23. The van der Waals surface area contributed by atoms with Gasteiger partial charge in [0.2, 0.25) is 0 Å². The molecule has 0 aromatic carbocycles. The van der Waals surface area contributed by atoms with Crippen molar-refractivity contribution in [1.29, 1.82) is 0 Å². The smallest absolute Gasteiger partial charge is 0.0468 e. The molecule has 1 saturated heterocycles. The van der Waals surface area contributed by atoms with Gasteiger partial charge in [0.15, 0.2) is 0 Å².